The molecule has 3 rings (SSSR count). The third-order valence-electron chi connectivity index (χ3n) is 4.02. The van der Waals surface area contributed by atoms with E-state index in [0.29, 0.717) is 23.7 Å². The van der Waals surface area contributed by atoms with Gasteiger partial charge in [0.2, 0.25) is 0 Å². The normalized spacial score (nSPS) is 10.5. The summed E-state index contributed by atoms with van der Waals surface area (Å²) in [4.78, 5) is 16.5. The smallest absolute Gasteiger partial charge is 0.251 e. The van der Waals surface area contributed by atoms with Gasteiger partial charge >= 0.3 is 0 Å². The molecule has 0 atom stereocenters. The Morgan fingerprint density at radius 3 is 2.50 bits per heavy atom. The van der Waals surface area contributed by atoms with Crippen LogP contribution in [0.2, 0.25) is 5.02 Å². The van der Waals surface area contributed by atoms with E-state index in [4.69, 9.17) is 16.3 Å². The number of methoxy groups -OCH3 is 1. The summed E-state index contributed by atoms with van der Waals surface area (Å²) in [6, 6.07) is 17.0. The minimum atomic E-state index is -0.123. The van der Waals surface area contributed by atoms with E-state index >= 15 is 0 Å². The average molecular weight is 367 g/mol. The van der Waals surface area contributed by atoms with Crippen LogP contribution in [0.3, 0.4) is 0 Å². The summed E-state index contributed by atoms with van der Waals surface area (Å²) in [6.45, 7) is 0.878. The van der Waals surface area contributed by atoms with Crippen LogP contribution in [0.15, 0.2) is 67.0 Å². The van der Waals surface area contributed by atoms with Gasteiger partial charge in [0, 0.05) is 36.6 Å². The standard InChI is InChI=1S/C21H19ClN2O2/c1-26-14-18-12-17(21(25)24-13-15-8-10-23-11-9-15)4-7-20(18)16-2-5-19(22)6-3-16/h2-12H,13-14H2,1H3,(H,24,25). The van der Waals surface area contributed by atoms with Gasteiger partial charge in [0.15, 0.2) is 0 Å². The second-order valence-corrected chi connectivity index (χ2v) is 6.29. The Bertz CT molecular complexity index is 880. The number of nitrogens with zero attached hydrogens (tertiary/aromatic N) is 1. The van der Waals surface area contributed by atoms with Gasteiger partial charge in [-0.25, -0.2) is 0 Å². The average Bonchev–Trinajstić information content (AvgIpc) is 2.68. The number of nitrogens with one attached hydrogen (secondary N) is 1. The van der Waals surface area contributed by atoms with E-state index in [1.54, 1.807) is 19.5 Å². The fourth-order valence-corrected chi connectivity index (χ4v) is 2.83. The highest BCUT2D eigenvalue weighted by molar-refractivity contribution is 6.30. The maximum Gasteiger partial charge on any atom is 0.251 e. The zero-order valence-corrected chi connectivity index (χ0v) is 15.2. The minimum absolute atomic E-state index is 0.123. The Balaban J connectivity index is 1.81. The van der Waals surface area contributed by atoms with Crippen molar-refractivity contribution in [2.24, 2.45) is 0 Å². The summed E-state index contributed by atoms with van der Waals surface area (Å²) in [6.07, 6.45) is 3.41. The van der Waals surface area contributed by atoms with Crippen molar-refractivity contribution < 1.29 is 9.53 Å². The fourth-order valence-electron chi connectivity index (χ4n) is 2.71. The first-order chi connectivity index (χ1) is 12.7. The first kappa shape index (κ1) is 18.1. The number of hydrogen-bond donors (Lipinski definition) is 1. The molecule has 1 amide bonds. The lowest BCUT2D eigenvalue weighted by molar-refractivity contribution is 0.0950. The number of benzene rings is 2. The molecule has 2 aromatic carbocycles. The molecule has 5 heteroatoms. The van der Waals surface area contributed by atoms with Crippen LogP contribution in [0, 0.1) is 0 Å². The lowest BCUT2D eigenvalue weighted by Gasteiger charge is -2.12. The molecule has 0 saturated carbocycles. The Hall–Kier alpha value is -2.69. The highest BCUT2D eigenvalue weighted by Gasteiger charge is 2.11. The van der Waals surface area contributed by atoms with E-state index in [1.807, 2.05) is 54.6 Å². The van der Waals surface area contributed by atoms with Crippen LogP contribution in [0.4, 0.5) is 0 Å². The molecular weight excluding hydrogens is 348 g/mol. The second kappa shape index (κ2) is 8.61. The van der Waals surface area contributed by atoms with E-state index in [1.165, 1.54) is 0 Å². The predicted octanol–water partition coefficient (Wildman–Crippen LogP) is 4.48. The van der Waals surface area contributed by atoms with Crippen LogP contribution in [-0.4, -0.2) is 18.0 Å². The van der Waals surface area contributed by atoms with Crippen LogP contribution >= 0.6 is 11.6 Å². The van der Waals surface area contributed by atoms with Crippen molar-refractivity contribution in [1.82, 2.24) is 10.3 Å². The van der Waals surface area contributed by atoms with E-state index < -0.39 is 0 Å². The van der Waals surface area contributed by atoms with Crippen molar-refractivity contribution in [3.63, 3.8) is 0 Å². The number of amides is 1. The lowest BCUT2D eigenvalue weighted by Crippen LogP contribution is -2.23. The number of halogens is 1. The number of hydrogen-bond acceptors (Lipinski definition) is 3. The van der Waals surface area contributed by atoms with Crippen molar-refractivity contribution in [3.05, 3.63) is 88.7 Å². The Morgan fingerprint density at radius 1 is 1.08 bits per heavy atom. The zero-order valence-electron chi connectivity index (χ0n) is 14.4. The third-order valence-corrected chi connectivity index (χ3v) is 4.28. The summed E-state index contributed by atoms with van der Waals surface area (Å²) in [5, 5.41) is 3.62. The predicted molar refractivity (Wildman–Crippen MR) is 103 cm³/mol. The van der Waals surface area contributed by atoms with Crippen molar-refractivity contribution in [1.29, 1.82) is 0 Å². The van der Waals surface area contributed by atoms with Gasteiger partial charge < -0.3 is 10.1 Å². The molecule has 1 heterocycles. The number of rotatable bonds is 6. The number of ether oxygens (including phenoxy) is 1. The molecule has 0 radical (unpaired) electrons. The molecule has 0 aliphatic heterocycles. The molecule has 0 saturated heterocycles. The van der Waals surface area contributed by atoms with Gasteiger partial charge in [0.05, 0.1) is 6.61 Å². The first-order valence-electron chi connectivity index (χ1n) is 8.22. The monoisotopic (exact) mass is 366 g/mol. The molecule has 0 fully saturated rings. The van der Waals surface area contributed by atoms with Gasteiger partial charge in [-0.2, -0.15) is 0 Å². The summed E-state index contributed by atoms with van der Waals surface area (Å²) in [7, 11) is 1.64. The highest BCUT2D eigenvalue weighted by atomic mass is 35.5. The SMILES string of the molecule is COCc1cc(C(=O)NCc2ccncc2)ccc1-c1ccc(Cl)cc1. The summed E-state index contributed by atoms with van der Waals surface area (Å²) in [5.41, 5.74) is 4.61. The molecule has 0 spiro atoms. The van der Waals surface area contributed by atoms with Crippen molar-refractivity contribution in [2.75, 3.05) is 7.11 Å². The van der Waals surface area contributed by atoms with Crippen molar-refractivity contribution in [2.45, 2.75) is 13.2 Å². The molecule has 1 N–H and O–H groups in total. The summed E-state index contributed by atoms with van der Waals surface area (Å²) >= 11 is 5.97. The summed E-state index contributed by atoms with van der Waals surface area (Å²) in [5.74, 6) is -0.123. The third kappa shape index (κ3) is 4.48. The molecule has 0 unspecified atom stereocenters. The van der Waals surface area contributed by atoms with Crippen LogP contribution < -0.4 is 5.32 Å². The Labute approximate surface area is 157 Å². The Kier molecular flexibility index (Phi) is 6.00. The molecule has 3 aromatic rings. The topological polar surface area (TPSA) is 51.2 Å². The number of pyridine rings is 1. The molecular formula is C21H19ClN2O2. The molecule has 4 nitrogen and oxygen atoms in total. The van der Waals surface area contributed by atoms with Gasteiger partial charge in [-0.05, 0) is 58.7 Å². The van der Waals surface area contributed by atoms with E-state index in [9.17, 15) is 4.79 Å². The molecule has 1 aromatic heterocycles. The van der Waals surface area contributed by atoms with Gasteiger partial charge in [0.25, 0.3) is 5.91 Å². The molecule has 0 aliphatic rings. The molecule has 0 aliphatic carbocycles. The van der Waals surface area contributed by atoms with Gasteiger partial charge in [-0.3, -0.25) is 9.78 Å². The first-order valence-corrected chi connectivity index (χ1v) is 8.60. The minimum Gasteiger partial charge on any atom is -0.380 e. The zero-order chi connectivity index (χ0) is 18.4. The van der Waals surface area contributed by atoms with Gasteiger partial charge in [-0.1, -0.05) is 29.8 Å². The largest absolute Gasteiger partial charge is 0.380 e. The lowest BCUT2D eigenvalue weighted by atomic mass is 9.97. The van der Waals surface area contributed by atoms with Gasteiger partial charge in [0.1, 0.15) is 0 Å². The van der Waals surface area contributed by atoms with Crippen LogP contribution in [0.5, 0.6) is 0 Å². The second-order valence-electron chi connectivity index (χ2n) is 5.85. The van der Waals surface area contributed by atoms with E-state index in [2.05, 4.69) is 10.3 Å². The molecule has 0 bridgehead atoms. The van der Waals surface area contributed by atoms with Crippen LogP contribution in [0.1, 0.15) is 21.5 Å². The van der Waals surface area contributed by atoms with Gasteiger partial charge in [-0.15, -0.1) is 0 Å². The molecule has 26 heavy (non-hydrogen) atoms. The van der Waals surface area contributed by atoms with Crippen molar-refractivity contribution in [3.8, 4) is 11.1 Å². The van der Waals surface area contributed by atoms with E-state index in [0.717, 1.165) is 22.3 Å². The number of aromatic nitrogens is 1. The summed E-state index contributed by atoms with van der Waals surface area (Å²) < 4.78 is 5.31. The number of carbonyl (C=O) groups excluding carboxylic acids is 1. The quantitative estimate of drug-likeness (QED) is 0.699. The fraction of sp³-hybridized carbons (Fsp3) is 0.143. The van der Waals surface area contributed by atoms with E-state index in [-0.39, 0.29) is 5.91 Å². The van der Waals surface area contributed by atoms with Crippen molar-refractivity contribution >= 4 is 17.5 Å². The maximum absolute atomic E-state index is 12.5. The highest BCUT2D eigenvalue weighted by Crippen LogP contribution is 2.27. The van der Waals surface area contributed by atoms with Crippen LogP contribution in [0.25, 0.3) is 11.1 Å². The van der Waals surface area contributed by atoms with Crippen LogP contribution in [-0.2, 0) is 17.9 Å². The molecule has 132 valence electrons. The number of carbonyl (C=O) groups is 1. The Morgan fingerprint density at radius 2 is 1.81 bits per heavy atom. The maximum atomic E-state index is 12.5.